The van der Waals surface area contributed by atoms with E-state index >= 15 is 0 Å². The first-order valence-electron chi connectivity index (χ1n) is 20.3. The van der Waals surface area contributed by atoms with E-state index < -0.39 is 0 Å². The molecular formula is C55H38N4. The Kier molecular flexibility index (Phi) is 7.24. The van der Waals surface area contributed by atoms with Gasteiger partial charge in [-0.1, -0.05) is 153 Å². The van der Waals surface area contributed by atoms with Crippen LogP contribution < -0.4 is 0 Å². The minimum Gasteiger partial charge on any atom is -0.309 e. The molecule has 12 rings (SSSR count). The van der Waals surface area contributed by atoms with Crippen LogP contribution in [0.3, 0.4) is 0 Å². The summed E-state index contributed by atoms with van der Waals surface area (Å²) in [6, 6.07) is 67.7. The summed E-state index contributed by atoms with van der Waals surface area (Å²) in [7, 11) is 0. The van der Waals surface area contributed by atoms with Crippen molar-refractivity contribution in [2.24, 2.45) is 0 Å². The molecule has 11 aromatic rings. The minimum atomic E-state index is -0.305. The lowest BCUT2D eigenvalue weighted by atomic mass is 9.77. The lowest BCUT2D eigenvalue weighted by Gasteiger charge is -2.27. The number of allylic oxidation sites excluding steroid dienone is 1. The van der Waals surface area contributed by atoms with Crippen LogP contribution in [0.25, 0.3) is 100 Å². The maximum absolute atomic E-state index is 5.55. The summed E-state index contributed by atoms with van der Waals surface area (Å²) < 4.78 is 4.66. The van der Waals surface area contributed by atoms with Gasteiger partial charge in [-0.2, -0.15) is 0 Å². The smallest absolute Gasteiger partial charge is 0.235 e. The Morgan fingerprint density at radius 2 is 1.00 bits per heavy atom. The number of benzene rings is 8. The topological polar surface area (TPSA) is 35.6 Å². The molecule has 0 radical (unpaired) electrons. The Balaban J connectivity index is 1.11. The van der Waals surface area contributed by atoms with Crippen LogP contribution in [0.1, 0.15) is 30.7 Å². The number of para-hydroxylation sites is 2. The van der Waals surface area contributed by atoms with Gasteiger partial charge in [0.05, 0.1) is 33.5 Å². The van der Waals surface area contributed by atoms with Crippen LogP contribution in [0.2, 0.25) is 0 Å². The number of aromatic nitrogens is 4. The molecular weight excluding hydrogens is 717 g/mol. The molecule has 8 aromatic carbocycles. The normalized spacial score (nSPS) is 13.5. The van der Waals surface area contributed by atoms with E-state index in [0.29, 0.717) is 5.95 Å². The number of fused-ring (bicyclic) bond motifs is 9. The zero-order chi connectivity index (χ0) is 39.2. The summed E-state index contributed by atoms with van der Waals surface area (Å²) in [6.07, 6.45) is 2.29. The third-order valence-corrected chi connectivity index (χ3v) is 12.5. The number of hydrogen-bond donors (Lipinski definition) is 0. The van der Waals surface area contributed by atoms with Crippen LogP contribution in [-0.2, 0) is 5.41 Å². The number of hydrogen-bond acceptors (Lipinski definition) is 2. The fraction of sp³-hybridized carbons (Fsp3) is 0.0545. The maximum Gasteiger partial charge on any atom is 0.235 e. The van der Waals surface area contributed by atoms with Gasteiger partial charge >= 0.3 is 0 Å². The average molecular weight is 755 g/mol. The van der Waals surface area contributed by atoms with Crippen LogP contribution in [0.15, 0.2) is 188 Å². The van der Waals surface area contributed by atoms with Crippen molar-refractivity contribution in [2.75, 3.05) is 0 Å². The maximum atomic E-state index is 5.55. The quantitative estimate of drug-likeness (QED) is 0.175. The Bertz CT molecular complexity index is 3500. The van der Waals surface area contributed by atoms with Crippen LogP contribution in [0.5, 0.6) is 0 Å². The molecule has 0 bridgehead atoms. The predicted octanol–water partition coefficient (Wildman–Crippen LogP) is 14.0. The molecule has 4 nitrogen and oxygen atoms in total. The highest BCUT2D eigenvalue weighted by molar-refractivity contribution is 6.22. The lowest BCUT2D eigenvalue weighted by molar-refractivity contribution is 0.696. The third-order valence-electron chi connectivity index (χ3n) is 12.5. The van der Waals surface area contributed by atoms with Crippen molar-refractivity contribution in [1.29, 1.82) is 0 Å². The average Bonchev–Trinajstić information content (AvgIpc) is 3.91. The van der Waals surface area contributed by atoms with E-state index in [2.05, 4.69) is 217 Å². The molecule has 3 aromatic heterocycles. The van der Waals surface area contributed by atoms with Gasteiger partial charge in [0, 0.05) is 43.8 Å². The Labute approximate surface area is 342 Å². The first kappa shape index (κ1) is 33.6. The van der Waals surface area contributed by atoms with Crippen molar-refractivity contribution in [1.82, 2.24) is 19.1 Å². The molecule has 0 N–H and O–H groups in total. The van der Waals surface area contributed by atoms with Crippen LogP contribution in [-0.4, -0.2) is 19.1 Å². The second-order valence-electron chi connectivity index (χ2n) is 16.2. The monoisotopic (exact) mass is 754 g/mol. The molecule has 278 valence electrons. The van der Waals surface area contributed by atoms with Crippen molar-refractivity contribution in [3.63, 3.8) is 0 Å². The van der Waals surface area contributed by atoms with Crippen molar-refractivity contribution < 1.29 is 0 Å². The summed E-state index contributed by atoms with van der Waals surface area (Å²) >= 11 is 0. The molecule has 1 aliphatic rings. The van der Waals surface area contributed by atoms with Gasteiger partial charge in [0.2, 0.25) is 5.95 Å². The minimum absolute atomic E-state index is 0.305. The number of nitrogens with zero attached hydrogens (tertiary/aromatic N) is 4. The molecule has 59 heavy (non-hydrogen) atoms. The molecule has 0 saturated carbocycles. The van der Waals surface area contributed by atoms with Crippen molar-refractivity contribution in [3.05, 3.63) is 205 Å². The van der Waals surface area contributed by atoms with Gasteiger partial charge in [0.15, 0.2) is 0 Å². The van der Waals surface area contributed by atoms with Gasteiger partial charge < -0.3 is 4.57 Å². The van der Waals surface area contributed by atoms with E-state index in [1.54, 1.807) is 0 Å². The van der Waals surface area contributed by atoms with Gasteiger partial charge in [-0.05, 0) is 87.6 Å². The molecule has 1 aliphatic carbocycles. The highest BCUT2D eigenvalue weighted by Crippen LogP contribution is 2.50. The van der Waals surface area contributed by atoms with E-state index in [9.17, 15) is 0 Å². The lowest BCUT2D eigenvalue weighted by Crippen LogP contribution is -2.19. The van der Waals surface area contributed by atoms with Crippen LogP contribution >= 0.6 is 0 Å². The van der Waals surface area contributed by atoms with Gasteiger partial charge in [-0.25, -0.2) is 9.97 Å². The second-order valence-corrected chi connectivity index (χ2v) is 16.2. The SMILES string of the molecule is CC1(C)C(c2ccccc2)=Cc2nc(-n3c4ccc(-c5ccc6c(c5)c5ccccc5n6-c5ccccc5)cc4c4c5ccccc5ccc43)nc(-c3ccccc3)c21. The van der Waals surface area contributed by atoms with E-state index in [4.69, 9.17) is 9.97 Å². The first-order valence-corrected chi connectivity index (χ1v) is 20.3. The van der Waals surface area contributed by atoms with Gasteiger partial charge in [0.25, 0.3) is 0 Å². The molecule has 0 spiro atoms. The summed E-state index contributed by atoms with van der Waals surface area (Å²) in [5.41, 5.74) is 14.4. The highest BCUT2D eigenvalue weighted by Gasteiger charge is 2.38. The van der Waals surface area contributed by atoms with Crippen molar-refractivity contribution in [2.45, 2.75) is 19.3 Å². The predicted molar refractivity (Wildman–Crippen MR) is 246 cm³/mol. The van der Waals surface area contributed by atoms with Gasteiger partial charge in [-0.3, -0.25) is 4.57 Å². The molecule has 3 heterocycles. The van der Waals surface area contributed by atoms with E-state index in [1.807, 2.05) is 0 Å². The molecule has 4 heteroatoms. The summed E-state index contributed by atoms with van der Waals surface area (Å²) in [5.74, 6) is 0.669. The van der Waals surface area contributed by atoms with Gasteiger partial charge in [0.1, 0.15) is 0 Å². The summed E-state index contributed by atoms with van der Waals surface area (Å²) in [4.78, 5) is 11.0. The Morgan fingerprint density at radius 3 is 1.75 bits per heavy atom. The zero-order valence-electron chi connectivity index (χ0n) is 32.8. The summed E-state index contributed by atoms with van der Waals surface area (Å²) in [6.45, 7) is 4.61. The molecule has 0 amide bonds. The van der Waals surface area contributed by atoms with Gasteiger partial charge in [-0.15, -0.1) is 0 Å². The summed E-state index contributed by atoms with van der Waals surface area (Å²) in [5, 5.41) is 7.27. The van der Waals surface area contributed by atoms with Crippen LogP contribution in [0, 0.1) is 0 Å². The van der Waals surface area contributed by atoms with Crippen molar-refractivity contribution >= 4 is 66.0 Å². The highest BCUT2D eigenvalue weighted by atomic mass is 15.2. The van der Waals surface area contributed by atoms with E-state index in [1.165, 1.54) is 65.6 Å². The third kappa shape index (κ3) is 5.03. The van der Waals surface area contributed by atoms with Crippen molar-refractivity contribution in [3.8, 4) is 34.0 Å². The fourth-order valence-corrected chi connectivity index (χ4v) is 9.80. The molecule has 0 fully saturated rings. The Hall–Kier alpha value is -7.56. The van der Waals surface area contributed by atoms with E-state index in [-0.39, 0.29) is 5.41 Å². The first-order chi connectivity index (χ1) is 29.0. The zero-order valence-corrected chi connectivity index (χ0v) is 32.8. The molecule has 0 saturated heterocycles. The molecule has 0 aliphatic heterocycles. The Morgan fingerprint density at radius 1 is 0.424 bits per heavy atom. The fourth-order valence-electron chi connectivity index (χ4n) is 9.80. The second kappa shape index (κ2) is 12.7. The molecule has 0 atom stereocenters. The van der Waals surface area contributed by atoms with E-state index in [0.717, 1.165) is 39.2 Å². The standard InChI is InChI=1S/C55H38N4/c1-55(2)45(36-17-6-3-7-18-36)34-46-52(55)53(37-19-8-4-9-20-37)57-54(56-46)59-49-30-28-39(33-44(49)51-41-23-13-12-16-35(41)26-31-50(51)59)38-27-29-48-43(32-38)42-24-14-15-25-47(42)58(48)40-21-10-5-11-22-40/h3-34H,1-2H3. The largest absolute Gasteiger partial charge is 0.309 e. The molecule has 0 unspecified atom stereocenters. The van der Waals surface area contributed by atoms with Crippen LogP contribution in [0.4, 0.5) is 0 Å². The number of rotatable bonds is 5.